The number of nitrogens with two attached hydrogens (primary N) is 1. The van der Waals surface area contributed by atoms with Gasteiger partial charge in [-0.05, 0) is 12.1 Å². The van der Waals surface area contributed by atoms with Crippen LogP contribution in [0.2, 0.25) is 0 Å². The van der Waals surface area contributed by atoms with Crippen LogP contribution < -0.4 is 10.5 Å². The van der Waals surface area contributed by atoms with Crippen molar-refractivity contribution in [3.05, 3.63) is 34.8 Å². The Bertz CT molecular complexity index is 602. The summed E-state index contributed by atoms with van der Waals surface area (Å²) in [4.78, 5) is 21.8. The lowest BCUT2D eigenvalue weighted by atomic mass is 10.2. The van der Waals surface area contributed by atoms with Gasteiger partial charge in [0.2, 0.25) is 5.82 Å². The van der Waals surface area contributed by atoms with E-state index in [1.165, 1.54) is 13.3 Å². The van der Waals surface area contributed by atoms with Crippen LogP contribution in [0, 0.1) is 10.1 Å². The average Bonchev–Trinajstić information content (AvgIpc) is 2.38. The molecule has 2 heterocycles. The number of ether oxygens (including phenoxy) is 1. The number of methoxy groups -OCH3 is 1. The van der Waals surface area contributed by atoms with Crippen molar-refractivity contribution in [1.82, 2.24) is 15.0 Å². The van der Waals surface area contributed by atoms with Gasteiger partial charge in [-0.15, -0.1) is 0 Å². The number of pyridine rings is 1. The molecule has 0 unspecified atom stereocenters. The fraction of sp³-hybridized carbons (Fsp3) is 0.100. The first-order valence-corrected chi connectivity index (χ1v) is 4.89. The number of nitrogens with zero attached hydrogens (tertiary/aromatic N) is 4. The quantitative estimate of drug-likeness (QED) is 0.635. The van der Waals surface area contributed by atoms with Crippen LogP contribution in [0.25, 0.3) is 11.4 Å². The third kappa shape index (κ3) is 1.90. The van der Waals surface area contributed by atoms with Crippen molar-refractivity contribution in [3.8, 4) is 17.1 Å². The maximum atomic E-state index is 11.0. The molecule has 0 aromatic carbocycles. The second kappa shape index (κ2) is 4.62. The van der Waals surface area contributed by atoms with Crippen LogP contribution in [0.5, 0.6) is 5.75 Å². The SMILES string of the molecule is COc1cccnc1-c1ncnc(N)c1[N+](=O)[O-]. The summed E-state index contributed by atoms with van der Waals surface area (Å²) in [6, 6.07) is 3.28. The van der Waals surface area contributed by atoms with Crippen LogP contribution >= 0.6 is 0 Å². The lowest BCUT2D eigenvalue weighted by molar-refractivity contribution is -0.383. The lowest BCUT2D eigenvalue weighted by Crippen LogP contribution is -2.04. The van der Waals surface area contributed by atoms with E-state index in [0.29, 0.717) is 5.75 Å². The van der Waals surface area contributed by atoms with Gasteiger partial charge in [0.1, 0.15) is 17.8 Å². The fourth-order valence-electron chi connectivity index (χ4n) is 1.48. The highest BCUT2D eigenvalue weighted by Crippen LogP contribution is 2.34. The maximum Gasteiger partial charge on any atom is 0.338 e. The van der Waals surface area contributed by atoms with Gasteiger partial charge in [-0.3, -0.25) is 15.1 Å². The van der Waals surface area contributed by atoms with Gasteiger partial charge in [-0.2, -0.15) is 0 Å². The molecule has 2 aromatic heterocycles. The Hall–Kier alpha value is -2.77. The molecule has 2 rings (SSSR count). The molecular weight excluding hydrogens is 238 g/mol. The Morgan fingerprint density at radius 2 is 2.11 bits per heavy atom. The van der Waals surface area contributed by atoms with E-state index in [2.05, 4.69) is 15.0 Å². The molecule has 0 radical (unpaired) electrons. The van der Waals surface area contributed by atoms with Gasteiger partial charge >= 0.3 is 5.69 Å². The van der Waals surface area contributed by atoms with Crippen molar-refractivity contribution in [3.63, 3.8) is 0 Å². The molecule has 8 nitrogen and oxygen atoms in total. The summed E-state index contributed by atoms with van der Waals surface area (Å²) in [5.74, 6) is 0.163. The summed E-state index contributed by atoms with van der Waals surface area (Å²) in [5.41, 5.74) is 5.39. The molecule has 0 spiro atoms. The van der Waals surface area contributed by atoms with Gasteiger partial charge in [0, 0.05) is 6.20 Å². The first-order valence-electron chi connectivity index (χ1n) is 4.89. The third-order valence-corrected chi connectivity index (χ3v) is 2.25. The monoisotopic (exact) mass is 247 g/mol. The number of aromatic nitrogens is 3. The molecule has 18 heavy (non-hydrogen) atoms. The highest BCUT2D eigenvalue weighted by Gasteiger charge is 2.25. The summed E-state index contributed by atoms with van der Waals surface area (Å²) in [7, 11) is 1.44. The standard InChI is InChI=1S/C10H9N5O3/c1-18-6-3-2-4-12-7(6)8-9(15(16)17)10(11)14-5-13-8/h2-5H,1H3,(H2,11,13,14). The first kappa shape index (κ1) is 11.7. The molecule has 0 amide bonds. The minimum atomic E-state index is -0.640. The van der Waals surface area contributed by atoms with Crippen LogP contribution in [-0.2, 0) is 0 Å². The zero-order chi connectivity index (χ0) is 13.1. The normalized spacial score (nSPS) is 10.1. The van der Waals surface area contributed by atoms with Gasteiger partial charge in [0.25, 0.3) is 0 Å². The third-order valence-electron chi connectivity index (χ3n) is 2.25. The van der Waals surface area contributed by atoms with E-state index in [1.807, 2.05) is 0 Å². The van der Waals surface area contributed by atoms with Crippen molar-refractivity contribution >= 4 is 11.5 Å². The minimum absolute atomic E-state index is 0.0324. The van der Waals surface area contributed by atoms with E-state index < -0.39 is 4.92 Å². The Morgan fingerprint density at radius 1 is 1.33 bits per heavy atom. The number of rotatable bonds is 3. The molecule has 0 aliphatic carbocycles. The predicted octanol–water partition coefficient (Wildman–Crippen LogP) is 1.04. The maximum absolute atomic E-state index is 11.0. The molecule has 92 valence electrons. The molecule has 2 aromatic rings. The van der Waals surface area contributed by atoms with Crippen molar-refractivity contribution in [2.75, 3.05) is 12.8 Å². The van der Waals surface area contributed by atoms with E-state index in [1.54, 1.807) is 12.1 Å². The summed E-state index contributed by atoms with van der Waals surface area (Å²) in [5, 5.41) is 11.0. The molecule has 0 aliphatic rings. The van der Waals surface area contributed by atoms with E-state index in [9.17, 15) is 10.1 Å². The van der Waals surface area contributed by atoms with E-state index in [0.717, 1.165) is 6.33 Å². The Labute approximate surface area is 102 Å². The van der Waals surface area contributed by atoms with Crippen LogP contribution in [0.4, 0.5) is 11.5 Å². The van der Waals surface area contributed by atoms with Crippen LogP contribution in [0.1, 0.15) is 0 Å². The predicted molar refractivity (Wildman–Crippen MR) is 62.9 cm³/mol. The van der Waals surface area contributed by atoms with Crippen LogP contribution in [0.15, 0.2) is 24.7 Å². The number of anilines is 1. The zero-order valence-electron chi connectivity index (χ0n) is 9.40. The lowest BCUT2D eigenvalue weighted by Gasteiger charge is -2.07. The highest BCUT2D eigenvalue weighted by molar-refractivity contribution is 5.76. The first-order chi connectivity index (χ1) is 8.65. The van der Waals surface area contributed by atoms with Crippen LogP contribution in [0.3, 0.4) is 0 Å². The Kier molecular flexibility index (Phi) is 3.00. The Morgan fingerprint density at radius 3 is 2.78 bits per heavy atom. The molecule has 0 fully saturated rings. The largest absolute Gasteiger partial charge is 0.494 e. The number of nitro groups is 1. The van der Waals surface area contributed by atoms with E-state index in [-0.39, 0.29) is 22.9 Å². The molecular formula is C10H9N5O3. The van der Waals surface area contributed by atoms with Gasteiger partial charge in [0.05, 0.1) is 12.0 Å². The van der Waals surface area contributed by atoms with Crippen molar-refractivity contribution < 1.29 is 9.66 Å². The molecule has 0 bridgehead atoms. The number of hydrogen-bond donors (Lipinski definition) is 1. The molecule has 0 saturated heterocycles. The van der Waals surface area contributed by atoms with Gasteiger partial charge in [0.15, 0.2) is 5.69 Å². The smallest absolute Gasteiger partial charge is 0.338 e. The van der Waals surface area contributed by atoms with Crippen molar-refractivity contribution in [2.45, 2.75) is 0 Å². The van der Waals surface area contributed by atoms with Gasteiger partial charge in [-0.1, -0.05) is 0 Å². The zero-order valence-corrected chi connectivity index (χ0v) is 9.40. The second-order valence-corrected chi connectivity index (χ2v) is 3.27. The van der Waals surface area contributed by atoms with E-state index >= 15 is 0 Å². The Balaban J connectivity index is 2.71. The van der Waals surface area contributed by atoms with Crippen molar-refractivity contribution in [2.24, 2.45) is 0 Å². The topological polar surface area (TPSA) is 117 Å². The molecule has 0 saturated carbocycles. The highest BCUT2D eigenvalue weighted by atomic mass is 16.6. The van der Waals surface area contributed by atoms with Crippen molar-refractivity contribution in [1.29, 1.82) is 0 Å². The average molecular weight is 247 g/mol. The van der Waals surface area contributed by atoms with Gasteiger partial charge in [-0.25, -0.2) is 9.97 Å². The minimum Gasteiger partial charge on any atom is -0.494 e. The summed E-state index contributed by atoms with van der Waals surface area (Å²) in [6.45, 7) is 0. The molecule has 0 atom stereocenters. The number of nitrogen functional groups attached to an aromatic ring is 1. The van der Waals surface area contributed by atoms with Gasteiger partial charge < -0.3 is 10.5 Å². The van der Waals surface area contributed by atoms with E-state index in [4.69, 9.17) is 10.5 Å². The molecule has 0 aliphatic heterocycles. The summed E-state index contributed by atoms with van der Waals surface area (Å²) < 4.78 is 5.09. The summed E-state index contributed by atoms with van der Waals surface area (Å²) >= 11 is 0. The number of hydrogen-bond acceptors (Lipinski definition) is 7. The fourth-order valence-corrected chi connectivity index (χ4v) is 1.48. The second-order valence-electron chi connectivity index (χ2n) is 3.27. The molecule has 8 heteroatoms. The summed E-state index contributed by atoms with van der Waals surface area (Å²) in [6.07, 6.45) is 2.63. The molecule has 2 N–H and O–H groups in total. The van der Waals surface area contributed by atoms with Crippen LogP contribution in [-0.4, -0.2) is 27.0 Å².